The monoisotopic (exact) mass is 319 g/mol. The zero-order valence-corrected chi connectivity index (χ0v) is 13.9. The van der Waals surface area contributed by atoms with Crippen LogP contribution in [0, 0.1) is 13.8 Å². The van der Waals surface area contributed by atoms with Crippen molar-refractivity contribution in [3.8, 4) is 0 Å². The van der Waals surface area contributed by atoms with E-state index >= 15 is 0 Å². The Morgan fingerprint density at radius 3 is 2.59 bits per heavy atom. The number of benzene rings is 1. The molecule has 1 amide bonds. The van der Waals surface area contributed by atoms with Crippen LogP contribution < -0.4 is 5.32 Å². The Labute approximate surface area is 133 Å². The van der Waals surface area contributed by atoms with Gasteiger partial charge in [0.15, 0.2) is 0 Å². The maximum absolute atomic E-state index is 12.2. The summed E-state index contributed by atoms with van der Waals surface area (Å²) in [4.78, 5) is 12.9. The van der Waals surface area contributed by atoms with E-state index in [1.54, 1.807) is 4.68 Å². The second kappa shape index (κ2) is 7.35. The van der Waals surface area contributed by atoms with Gasteiger partial charge in [0.2, 0.25) is 5.91 Å². The SMILES string of the molecule is Cc1cc(C)n(C(C)C(=O)NCCS(=O)c2ccccc2)n1. The summed E-state index contributed by atoms with van der Waals surface area (Å²) in [5.74, 6) is 0.288. The predicted molar refractivity (Wildman–Crippen MR) is 87.1 cm³/mol. The van der Waals surface area contributed by atoms with Gasteiger partial charge in [0.1, 0.15) is 6.04 Å². The highest BCUT2D eigenvalue weighted by molar-refractivity contribution is 7.85. The van der Waals surface area contributed by atoms with Gasteiger partial charge in [-0.2, -0.15) is 5.10 Å². The summed E-state index contributed by atoms with van der Waals surface area (Å²) in [5, 5.41) is 7.14. The predicted octanol–water partition coefficient (Wildman–Crippen LogP) is 1.98. The molecule has 2 unspecified atom stereocenters. The van der Waals surface area contributed by atoms with Crippen molar-refractivity contribution in [1.82, 2.24) is 15.1 Å². The molecule has 0 bridgehead atoms. The fourth-order valence-corrected chi connectivity index (χ4v) is 3.24. The van der Waals surface area contributed by atoms with E-state index in [4.69, 9.17) is 0 Å². The number of hydrogen-bond acceptors (Lipinski definition) is 3. The molecule has 0 radical (unpaired) electrons. The number of rotatable bonds is 6. The number of carbonyl (C=O) groups is 1. The van der Waals surface area contributed by atoms with E-state index in [9.17, 15) is 9.00 Å². The molecule has 2 atom stereocenters. The molecule has 0 saturated heterocycles. The van der Waals surface area contributed by atoms with Crippen molar-refractivity contribution in [1.29, 1.82) is 0 Å². The van der Waals surface area contributed by atoms with Gasteiger partial charge in [-0.1, -0.05) is 18.2 Å². The van der Waals surface area contributed by atoms with Gasteiger partial charge < -0.3 is 5.32 Å². The number of carbonyl (C=O) groups excluding carboxylic acids is 1. The normalized spacial score (nSPS) is 13.6. The first-order valence-electron chi connectivity index (χ1n) is 7.23. The van der Waals surface area contributed by atoms with Crippen molar-refractivity contribution in [2.24, 2.45) is 0 Å². The van der Waals surface area contributed by atoms with Crippen LogP contribution in [-0.4, -0.2) is 32.2 Å². The molecule has 0 spiro atoms. The molecule has 118 valence electrons. The lowest BCUT2D eigenvalue weighted by molar-refractivity contribution is -0.124. The van der Waals surface area contributed by atoms with Crippen LogP contribution in [0.5, 0.6) is 0 Å². The summed E-state index contributed by atoms with van der Waals surface area (Å²) < 4.78 is 13.8. The van der Waals surface area contributed by atoms with Crippen molar-refractivity contribution in [3.63, 3.8) is 0 Å². The van der Waals surface area contributed by atoms with Crippen LogP contribution in [0.15, 0.2) is 41.3 Å². The van der Waals surface area contributed by atoms with Crippen LogP contribution in [0.1, 0.15) is 24.4 Å². The molecule has 0 aliphatic rings. The number of aryl methyl sites for hydroxylation is 2. The molecule has 0 aliphatic carbocycles. The second-order valence-electron chi connectivity index (χ2n) is 5.20. The molecule has 6 heteroatoms. The van der Waals surface area contributed by atoms with Crippen molar-refractivity contribution in [2.45, 2.75) is 31.7 Å². The summed E-state index contributed by atoms with van der Waals surface area (Å²) >= 11 is 0. The molecule has 0 saturated carbocycles. The quantitative estimate of drug-likeness (QED) is 0.885. The fraction of sp³-hybridized carbons (Fsp3) is 0.375. The first-order valence-corrected chi connectivity index (χ1v) is 8.55. The number of hydrogen-bond donors (Lipinski definition) is 1. The Morgan fingerprint density at radius 2 is 2.00 bits per heavy atom. The fourth-order valence-electron chi connectivity index (χ4n) is 2.25. The third-order valence-corrected chi connectivity index (χ3v) is 4.76. The van der Waals surface area contributed by atoms with Crippen LogP contribution in [0.25, 0.3) is 0 Å². The van der Waals surface area contributed by atoms with Gasteiger partial charge in [0, 0.05) is 22.9 Å². The molecule has 0 fully saturated rings. The Bertz CT molecular complexity index is 667. The van der Waals surface area contributed by atoms with E-state index in [0.29, 0.717) is 12.3 Å². The highest BCUT2D eigenvalue weighted by atomic mass is 32.2. The van der Waals surface area contributed by atoms with Gasteiger partial charge in [0.25, 0.3) is 0 Å². The van der Waals surface area contributed by atoms with Crippen molar-refractivity contribution in [2.75, 3.05) is 12.3 Å². The Kier molecular flexibility index (Phi) is 5.49. The minimum absolute atomic E-state index is 0.115. The zero-order valence-electron chi connectivity index (χ0n) is 13.1. The first kappa shape index (κ1) is 16.4. The molecule has 2 rings (SSSR count). The maximum atomic E-state index is 12.2. The minimum Gasteiger partial charge on any atom is -0.353 e. The minimum atomic E-state index is -1.09. The molecular formula is C16H21N3O2S. The average Bonchev–Trinajstić information content (AvgIpc) is 2.85. The topological polar surface area (TPSA) is 64.0 Å². The van der Waals surface area contributed by atoms with Gasteiger partial charge in [-0.15, -0.1) is 0 Å². The Balaban J connectivity index is 1.85. The van der Waals surface area contributed by atoms with E-state index in [2.05, 4.69) is 10.4 Å². The second-order valence-corrected chi connectivity index (χ2v) is 6.77. The highest BCUT2D eigenvalue weighted by Gasteiger charge is 2.17. The summed E-state index contributed by atoms with van der Waals surface area (Å²) in [6.45, 7) is 6.01. The van der Waals surface area contributed by atoms with E-state index < -0.39 is 10.8 Å². The average molecular weight is 319 g/mol. The first-order chi connectivity index (χ1) is 10.5. The van der Waals surface area contributed by atoms with Crippen LogP contribution in [0.4, 0.5) is 0 Å². The van der Waals surface area contributed by atoms with Crippen LogP contribution in [0.2, 0.25) is 0 Å². The third-order valence-electron chi connectivity index (χ3n) is 3.38. The van der Waals surface area contributed by atoms with Crippen molar-refractivity contribution in [3.05, 3.63) is 47.8 Å². The largest absolute Gasteiger partial charge is 0.353 e. The van der Waals surface area contributed by atoms with Crippen molar-refractivity contribution < 1.29 is 9.00 Å². The molecule has 1 aromatic carbocycles. The van der Waals surface area contributed by atoms with Gasteiger partial charge >= 0.3 is 0 Å². The van der Waals surface area contributed by atoms with Gasteiger partial charge in [-0.3, -0.25) is 13.7 Å². The third kappa shape index (κ3) is 4.04. The summed E-state index contributed by atoms with van der Waals surface area (Å²) in [6, 6.07) is 10.8. The summed E-state index contributed by atoms with van der Waals surface area (Å²) in [6.07, 6.45) is 0. The lowest BCUT2D eigenvalue weighted by atomic mass is 10.3. The maximum Gasteiger partial charge on any atom is 0.244 e. The van der Waals surface area contributed by atoms with Gasteiger partial charge in [0.05, 0.1) is 16.5 Å². The summed E-state index contributed by atoms with van der Waals surface area (Å²) in [7, 11) is -1.09. The molecule has 5 nitrogen and oxygen atoms in total. The molecule has 1 aromatic heterocycles. The van der Waals surface area contributed by atoms with Crippen molar-refractivity contribution >= 4 is 16.7 Å². The molecule has 1 heterocycles. The molecular weight excluding hydrogens is 298 g/mol. The number of nitrogens with zero attached hydrogens (tertiary/aromatic N) is 2. The number of amides is 1. The van der Waals surface area contributed by atoms with E-state index in [0.717, 1.165) is 16.3 Å². The standard InChI is InChI=1S/C16H21N3O2S/c1-12-11-13(2)19(18-12)14(3)16(20)17-9-10-22(21)15-7-5-4-6-8-15/h4-8,11,14H,9-10H2,1-3H3,(H,17,20). The lowest BCUT2D eigenvalue weighted by Crippen LogP contribution is -2.34. The zero-order chi connectivity index (χ0) is 16.1. The van der Waals surface area contributed by atoms with E-state index in [1.807, 2.05) is 57.2 Å². The van der Waals surface area contributed by atoms with Crippen LogP contribution in [-0.2, 0) is 15.6 Å². The number of aromatic nitrogens is 2. The van der Waals surface area contributed by atoms with E-state index in [-0.39, 0.29) is 11.9 Å². The highest BCUT2D eigenvalue weighted by Crippen LogP contribution is 2.10. The number of nitrogens with one attached hydrogen (secondary N) is 1. The molecule has 1 N–H and O–H groups in total. The van der Waals surface area contributed by atoms with Gasteiger partial charge in [-0.25, -0.2) is 0 Å². The molecule has 22 heavy (non-hydrogen) atoms. The van der Waals surface area contributed by atoms with Crippen LogP contribution >= 0.6 is 0 Å². The molecule has 0 aliphatic heterocycles. The summed E-state index contributed by atoms with van der Waals surface area (Å²) in [5.41, 5.74) is 1.84. The van der Waals surface area contributed by atoms with Crippen LogP contribution in [0.3, 0.4) is 0 Å². The Hall–Kier alpha value is -1.95. The van der Waals surface area contributed by atoms with Gasteiger partial charge in [-0.05, 0) is 39.0 Å². The molecule has 2 aromatic rings. The smallest absolute Gasteiger partial charge is 0.244 e. The Morgan fingerprint density at radius 1 is 1.32 bits per heavy atom. The van der Waals surface area contributed by atoms with E-state index in [1.165, 1.54) is 0 Å². The lowest BCUT2D eigenvalue weighted by Gasteiger charge is -2.14.